The zero-order valence-corrected chi connectivity index (χ0v) is 12.1. The van der Waals surface area contributed by atoms with Gasteiger partial charge in [-0.05, 0) is 13.0 Å². The molecule has 7 heteroatoms. The number of ether oxygens (including phenoxy) is 2. The second-order valence-electron chi connectivity index (χ2n) is 4.36. The van der Waals surface area contributed by atoms with Gasteiger partial charge in [-0.3, -0.25) is 15.6 Å². The van der Waals surface area contributed by atoms with E-state index in [0.717, 1.165) is 0 Å². The van der Waals surface area contributed by atoms with Crippen LogP contribution in [-0.4, -0.2) is 55.8 Å². The first-order chi connectivity index (χ1) is 9.65. The van der Waals surface area contributed by atoms with Gasteiger partial charge in [-0.15, -0.1) is 0 Å². The number of rotatable bonds is 8. The minimum absolute atomic E-state index is 0.0755. The summed E-state index contributed by atoms with van der Waals surface area (Å²) >= 11 is 0. The van der Waals surface area contributed by atoms with Gasteiger partial charge in [0.05, 0.1) is 30.5 Å². The van der Waals surface area contributed by atoms with Gasteiger partial charge in [0.25, 0.3) is 5.91 Å². The van der Waals surface area contributed by atoms with Crippen molar-refractivity contribution >= 4 is 11.6 Å². The summed E-state index contributed by atoms with van der Waals surface area (Å²) in [5, 5.41) is 0. The molecular formula is C13H22N4O3. The summed E-state index contributed by atoms with van der Waals surface area (Å²) < 4.78 is 10.2. The molecule has 0 aliphatic carbocycles. The molecule has 7 nitrogen and oxygen atoms in total. The standard InChI is InChI=1S/C13H22N4O3/c1-10(9-20-3)17(6-7-19-2)13(18)11-8-15-5-4-12(11)16-14/h4-5,8,10H,6-7,9,14H2,1-3H3,(H,15,16). The maximum Gasteiger partial charge on any atom is 0.257 e. The van der Waals surface area contributed by atoms with Crippen LogP contribution in [0, 0.1) is 0 Å². The molecule has 0 saturated heterocycles. The Labute approximate surface area is 119 Å². The number of hydrogen-bond acceptors (Lipinski definition) is 6. The van der Waals surface area contributed by atoms with E-state index >= 15 is 0 Å². The summed E-state index contributed by atoms with van der Waals surface area (Å²) in [5.74, 6) is 5.27. The predicted octanol–water partition coefficient (Wildman–Crippen LogP) is 0.491. The number of hydrazine groups is 1. The summed E-state index contributed by atoms with van der Waals surface area (Å²) in [5.41, 5.74) is 3.47. The fraction of sp³-hybridized carbons (Fsp3) is 0.538. The van der Waals surface area contributed by atoms with Crippen molar-refractivity contribution in [3.05, 3.63) is 24.0 Å². The molecule has 0 radical (unpaired) electrons. The molecule has 0 aromatic carbocycles. The van der Waals surface area contributed by atoms with Gasteiger partial charge >= 0.3 is 0 Å². The topological polar surface area (TPSA) is 89.7 Å². The zero-order valence-electron chi connectivity index (χ0n) is 12.1. The zero-order chi connectivity index (χ0) is 15.0. The van der Waals surface area contributed by atoms with E-state index in [1.54, 1.807) is 31.4 Å². The Kier molecular flexibility index (Phi) is 6.92. The Morgan fingerprint density at radius 3 is 2.85 bits per heavy atom. The van der Waals surface area contributed by atoms with Gasteiger partial charge in [0.15, 0.2) is 0 Å². The maximum atomic E-state index is 12.6. The molecule has 1 rings (SSSR count). The number of hydrogen-bond donors (Lipinski definition) is 2. The van der Waals surface area contributed by atoms with Crippen LogP contribution in [0.15, 0.2) is 18.5 Å². The normalized spacial score (nSPS) is 12.0. The van der Waals surface area contributed by atoms with Crippen LogP contribution in [0.1, 0.15) is 17.3 Å². The van der Waals surface area contributed by atoms with Gasteiger partial charge in [-0.25, -0.2) is 0 Å². The number of nitrogens with one attached hydrogen (secondary N) is 1. The molecule has 0 saturated carbocycles. The number of anilines is 1. The molecule has 112 valence electrons. The van der Waals surface area contributed by atoms with Crippen molar-refractivity contribution in [1.82, 2.24) is 9.88 Å². The second-order valence-corrected chi connectivity index (χ2v) is 4.36. The molecule has 20 heavy (non-hydrogen) atoms. The second kappa shape index (κ2) is 8.47. The van der Waals surface area contributed by atoms with Crippen molar-refractivity contribution in [3.8, 4) is 0 Å². The molecule has 1 heterocycles. The summed E-state index contributed by atoms with van der Waals surface area (Å²) in [7, 11) is 3.20. The van der Waals surface area contributed by atoms with Gasteiger partial charge in [0, 0.05) is 33.2 Å². The minimum Gasteiger partial charge on any atom is -0.383 e. The third-order valence-electron chi connectivity index (χ3n) is 2.94. The SMILES string of the molecule is COCCN(C(=O)c1cnccc1NN)C(C)COC. The first-order valence-electron chi connectivity index (χ1n) is 6.35. The maximum absolute atomic E-state index is 12.6. The van der Waals surface area contributed by atoms with Crippen molar-refractivity contribution in [3.63, 3.8) is 0 Å². The molecule has 1 unspecified atom stereocenters. The van der Waals surface area contributed by atoms with Crippen molar-refractivity contribution < 1.29 is 14.3 Å². The molecule has 0 spiro atoms. The lowest BCUT2D eigenvalue weighted by atomic mass is 10.1. The average molecular weight is 282 g/mol. The van der Waals surface area contributed by atoms with E-state index < -0.39 is 0 Å². The molecule has 1 amide bonds. The van der Waals surface area contributed by atoms with Gasteiger partial charge < -0.3 is 19.8 Å². The highest BCUT2D eigenvalue weighted by atomic mass is 16.5. The summed E-state index contributed by atoms with van der Waals surface area (Å²) in [6, 6.07) is 1.58. The number of pyridine rings is 1. The minimum atomic E-state index is -0.160. The van der Waals surface area contributed by atoms with Crippen LogP contribution in [0.3, 0.4) is 0 Å². The molecule has 0 fully saturated rings. The smallest absolute Gasteiger partial charge is 0.257 e. The van der Waals surface area contributed by atoms with E-state index in [1.807, 2.05) is 6.92 Å². The van der Waals surface area contributed by atoms with Crippen molar-refractivity contribution in [2.24, 2.45) is 5.84 Å². The third kappa shape index (κ3) is 4.16. The van der Waals surface area contributed by atoms with Gasteiger partial charge in [-0.1, -0.05) is 0 Å². The summed E-state index contributed by atoms with van der Waals surface area (Å²) in [4.78, 5) is 18.3. The number of carbonyl (C=O) groups excluding carboxylic acids is 1. The molecule has 1 aromatic rings. The lowest BCUT2D eigenvalue weighted by Gasteiger charge is -2.29. The van der Waals surface area contributed by atoms with Gasteiger partial charge in [0.2, 0.25) is 0 Å². The first-order valence-corrected chi connectivity index (χ1v) is 6.35. The Bertz CT molecular complexity index is 428. The van der Waals surface area contributed by atoms with E-state index in [-0.39, 0.29) is 11.9 Å². The van der Waals surface area contributed by atoms with Gasteiger partial charge in [0.1, 0.15) is 0 Å². The van der Waals surface area contributed by atoms with Crippen LogP contribution in [0.5, 0.6) is 0 Å². The van der Waals surface area contributed by atoms with Crippen LogP contribution in [0.25, 0.3) is 0 Å². The molecule has 3 N–H and O–H groups in total. The lowest BCUT2D eigenvalue weighted by Crippen LogP contribution is -2.43. The number of amides is 1. The highest BCUT2D eigenvalue weighted by Gasteiger charge is 2.23. The van der Waals surface area contributed by atoms with E-state index in [1.165, 1.54) is 6.20 Å². The molecule has 1 atom stereocenters. The van der Waals surface area contributed by atoms with Crippen molar-refractivity contribution in [1.29, 1.82) is 0 Å². The van der Waals surface area contributed by atoms with E-state index in [2.05, 4.69) is 10.4 Å². The number of methoxy groups -OCH3 is 2. The third-order valence-corrected chi connectivity index (χ3v) is 2.94. The lowest BCUT2D eigenvalue weighted by molar-refractivity contribution is 0.0480. The largest absolute Gasteiger partial charge is 0.383 e. The predicted molar refractivity (Wildman–Crippen MR) is 76.3 cm³/mol. The van der Waals surface area contributed by atoms with Crippen molar-refractivity contribution in [2.75, 3.05) is 39.4 Å². The van der Waals surface area contributed by atoms with Crippen LogP contribution in [-0.2, 0) is 9.47 Å². The Morgan fingerprint density at radius 1 is 1.50 bits per heavy atom. The number of carbonyl (C=O) groups is 1. The number of nitrogens with two attached hydrogens (primary N) is 1. The Morgan fingerprint density at radius 2 is 2.25 bits per heavy atom. The molecule has 0 aliphatic rings. The fourth-order valence-electron chi connectivity index (χ4n) is 1.89. The number of nitrogen functional groups attached to an aromatic ring is 1. The fourth-order valence-corrected chi connectivity index (χ4v) is 1.89. The monoisotopic (exact) mass is 282 g/mol. The Hall–Kier alpha value is -1.70. The molecule has 0 aliphatic heterocycles. The van der Waals surface area contributed by atoms with Crippen LogP contribution in [0.2, 0.25) is 0 Å². The molecule has 0 bridgehead atoms. The van der Waals surface area contributed by atoms with E-state index in [0.29, 0.717) is 31.0 Å². The van der Waals surface area contributed by atoms with Crippen LogP contribution < -0.4 is 11.3 Å². The highest BCUT2D eigenvalue weighted by molar-refractivity contribution is 5.99. The quantitative estimate of drug-likeness (QED) is 0.533. The number of nitrogens with zero attached hydrogens (tertiary/aromatic N) is 2. The van der Waals surface area contributed by atoms with Crippen LogP contribution >= 0.6 is 0 Å². The van der Waals surface area contributed by atoms with E-state index in [9.17, 15) is 4.79 Å². The summed E-state index contributed by atoms with van der Waals surface area (Å²) in [6.07, 6.45) is 3.07. The number of aromatic nitrogens is 1. The van der Waals surface area contributed by atoms with E-state index in [4.69, 9.17) is 15.3 Å². The van der Waals surface area contributed by atoms with Crippen LogP contribution in [0.4, 0.5) is 5.69 Å². The highest BCUT2D eigenvalue weighted by Crippen LogP contribution is 2.16. The van der Waals surface area contributed by atoms with Crippen molar-refractivity contribution in [2.45, 2.75) is 13.0 Å². The summed E-state index contributed by atoms with van der Waals surface area (Å²) in [6.45, 7) is 3.29. The first kappa shape index (κ1) is 16.4. The van der Waals surface area contributed by atoms with Gasteiger partial charge in [-0.2, -0.15) is 0 Å². The Balaban J connectivity index is 2.96. The molecular weight excluding hydrogens is 260 g/mol. The molecule has 1 aromatic heterocycles. The average Bonchev–Trinajstić information content (AvgIpc) is 2.47.